The molecule has 190 valence electrons. The van der Waals surface area contributed by atoms with Crippen LogP contribution in [0.3, 0.4) is 0 Å². The second-order valence-corrected chi connectivity index (χ2v) is 10.3. The van der Waals surface area contributed by atoms with Gasteiger partial charge >= 0.3 is 0 Å². The maximum Gasteiger partial charge on any atom is 0.161 e. The minimum atomic E-state index is -0.0615. The molecule has 2 fully saturated rings. The number of ether oxygens (including phenoxy) is 2. The normalized spacial score (nSPS) is 21.4. The third kappa shape index (κ3) is 4.87. The molecule has 2 unspecified atom stereocenters. The van der Waals surface area contributed by atoms with Crippen LogP contribution in [0.15, 0.2) is 47.6 Å². The summed E-state index contributed by atoms with van der Waals surface area (Å²) in [6.07, 6.45) is 5.90. The highest BCUT2D eigenvalue weighted by Gasteiger charge is 2.25. The predicted octanol–water partition coefficient (Wildman–Crippen LogP) is 2.64. The van der Waals surface area contributed by atoms with Gasteiger partial charge in [0.15, 0.2) is 11.5 Å². The summed E-state index contributed by atoms with van der Waals surface area (Å²) >= 11 is 0. The lowest BCUT2D eigenvalue weighted by Crippen LogP contribution is -2.36. The first kappa shape index (κ1) is 23.2. The predicted molar refractivity (Wildman–Crippen MR) is 139 cm³/mol. The number of hydrogen-bond donors (Lipinski definition) is 0. The average Bonchev–Trinajstić information content (AvgIpc) is 3.66. The maximum atomic E-state index is 13.4. The van der Waals surface area contributed by atoms with E-state index in [1.165, 1.54) is 12.8 Å². The number of hydrogen-bond acceptors (Lipinski definition) is 7. The number of aromatic nitrogens is 2. The lowest BCUT2D eigenvalue weighted by Gasteiger charge is -2.26. The molecule has 3 aliphatic heterocycles. The highest BCUT2D eigenvalue weighted by atomic mass is 16.6. The van der Waals surface area contributed by atoms with Crippen LogP contribution in [0.25, 0.3) is 10.9 Å². The van der Waals surface area contributed by atoms with Crippen molar-refractivity contribution < 1.29 is 14.6 Å². The van der Waals surface area contributed by atoms with Crippen LogP contribution < -0.4 is 19.5 Å². The monoisotopic (exact) mass is 488 g/mol. The summed E-state index contributed by atoms with van der Waals surface area (Å²) in [4.78, 5) is 9.57. The van der Waals surface area contributed by atoms with E-state index in [1.54, 1.807) is 0 Å². The molecule has 0 amide bonds. The number of nitrogens with zero attached hydrogens (tertiary/aromatic N) is 5. The smallest absolute Gasteiger partial charge is 0.161 e. The van der Waals surface area contributed by atoms with Crippen molar-refractivity contribution in [1.82, 2.24) is 14.7 Å². The van der Waals surface area contributed by atoms with Gasteiger partial charge < -0.3 is 29.4 Å². The van der Waals surface area contributed by atoms with Crippen LogP contribution in [0.1, 0.15) is 24.8 Å². The highest BCUT2D eigenvalue weighted by Crippen LogP contribution is 2.32. The van der Waals surface area contributed by atoms with Gasteiger partial charge in [-0.25, -0.2) is 0 Å². The molecule has 3 aromatic rings. The molecule has 0 radical (unpaired) electrons. The van der Waals surface area contributed by atoms with Gasteiger partial charge in [0.2, 0.25) is 0 Å². The molecule has 2 atom stereocenters. The molecular formula is C28H34N5O3-. The summed E-state index contributed by atoms with van der Waals surface area (Å²) in [5, 5.41) is 18.9. The fraction of sp³-hybridized carbons (Fsp3) is 0.500. The van der Waals surface area contributed by atoms with E-state index in [-0.39, 0.29) is 17.9 Å². The summed E-state index contributed by atoms with van der Waals surface area (Å²) in [6, 6.07) is 12.5. The fourth-order valence-electron chi connectivity index (χ4n) is 5.71. The van der Waals surface area contributed by atoms with E-state index < -0.39 is 0 Å². The molecule has 3 aliphatic rings. The van der Waals surface area contributed by atoms with Crippen molar-refractivity contribution in [3.8, 4) is 11.5 Å². The van der Waals surface area contributed by atoms with Crippen molar-refractivity contribution in [1.29, 1.82) is 0 Å². The molecule has 6 rings (SSSR count). The summed E-state index contributed by atoms with van der Waals surface area (Å²) in [6.45, 7) is 5.75. The van der Waals surface area contributed by atoms with E-state index in [1.807, 2.05) is 24.0 Å². The molecular weight excluding hydrogens is 454 g/mol. The van der Waals surface area contributed by atoms with Crippen molar-refractivity contribution in [2.75, 3.05) is 50.8 Å². The first-order valence-electron chi connectivity index (χ1n) is 13.1. The Balaban J connectivity index is 1.17. The molecule has 1 aromatic heterocycles. The van der Waals surface area contributed by atoms with Crippen LogP contribution in [0, 0.1) is 5.92 Å². The molecule has 0 saturated carbocycles. The molecule has 2 saturated heterocycles. The SMILES string of the molecule is Cn1ncc2ccc(N3CCC(C([O-])=NC(Cc4ccc5c(c4)OCCO5)CN4CCCC4)C3)cc21. The van der Waals surface area contributed by atoms with E-state index in [4.69, 9.17) is 14.5 Å². The topological polar surface area (TPSA) is 78.2 Å². The Hall–Kier alpha value is -3.26. The lowest BCUT2D eigenvalue weighted by molar-refractivity contribution is -0.223. The second kappa shape index (κ2) is 10.0. The summed E-state index contributed by atoms with van der Waals surface area (Å²) in [5.41, 5.74) is 3.39. The van der Waals surface area contributed by atoms with Gasteiger partial charge in [0.1, 0.15) is 13.2 Å². The Morgan fingerprint density at radius 2 is 1.92 bits per heavy atom. The Labute approximate surface area is 212 Å². The minimum Gasteiger partial charge on any atom is -0.862 e. The molecule has 0 bridgehead atoms. The standard InChI is InChI=1S/C28H35N5O3/c1-31-25-16-24(6-5-21(25)17-29-31)33-11-8-22(18-33)28(34)30-23(19-32-9-2-3-10-32)14-20-4-7-26-27(15-20)36-13-12-35-26/h4-7,15-17,22-23H,2-3,8-14,18-19H2,1H3,(H,30,34)/p-1. The molecule has 0 spiro atoms. The largest absolute Gasteiger partial charge is 0.862 e. The zero-order valence-corrected chi connectivity index (χ0v) is 20.9. The minimum absolute atomic E-state index is 0.0425. The first-order chi connectivity index (χ1) is 17.6. The van der Waals surface area contributed by atoms with E-state index in [0.29, 0.717) is 19.8 Å². The maximum absolute atomic E-state index is 13.4. The Morgan fingerprint density at radius 1 is 1.08 bits per heavy atom. The van der Waals surface area contributed by atoms with Crippen molar-refractivity contribution in [2.45, 2.75) is 31.7 Å². The van der Waals surface area contributed by atoms with E-state index in [9.17, 15) is 5.11 Å². The van der Waals surface area contributed by atoms with Gasteiger partial charge in [0, 0.05) is 43.7 Å². The quantitative estimate of drug-likeness (QED) is 0.376. The molecule has 36 heavy (non-hydrogen) atoms. The van der Waals surface area contributed by atoms with Gasteiger partial charge in [-0.15, -0.1) is 0 Å². The second-order valence-electron chi connectivity index (χ2n) is 10.3. The fourth-order valence-corrected chi connectivity index (χ4v) is 5.71. The van der Waals surface area contributed by atoms with Gasteiger partial charge in [-0.05, 0) is 80.6 Å². The molecule has 0 aliphatic carbocycles. The molecule has 2 aromatic carbocycles. The zero-order valence-electron chi connectivity index (χ0n) is 20.9. The average molecular weight is 489 g/mol. The third-order valence-electron chi connectivity index (χ3n) is 7.69. The number of benzene rings is 2. The van der Waals surface area contributed by atoms with Crippen LogP contribution in [0.4, 0.5) is 5.69 Å². The number of aliphatic imine (C=N–C) groups is 1. The molecule has 4 heterocycles. The summed E-state index contributed by atoms with van der Waals surface area (Å²) in [5.74, 6) is 1.57. The van der Waals surface area contributed by atoms with Gasteiger partial charge in [0.05, 0.1) is 17.8 Å². The van der Waals surface area contributed by atoms with Crippen LogP contribution in [0.2, 0.25) is 0 Å². The Bertz CT molecular complexity index is 1250. The highest BCUT2D eigenvalue weighted by molar-refractivity contribution is 5.83. The third-order valence-corrected chi connectivity index (χ3v) is 7.69. The number of aryl methyl sites for hydroxylation is 1. The number of likely N-dealkylation sites (tertiary alicyclic amines) is 1. The van der Waals surface area contributed by atoms with Crippen molar-refractivity contribution in [3.63, 3.8) is 0 Å². The lowest BCUT2D eigenvalue weighted by atomic mass is 10.0. The zero-order chi connectivity index (χ0) is 24.5. The van der Waals surface area contributed by atoms with Crippen LogP contribution in [-0.4, -0.2) is 72.6 Å². The van der Waals surface area contributed by atoms with Gasteiger partial charge in [-0.2, -0.15) is 5.10 Å². The number of fused-ring (bicyclic) bond motifs is 2. The molecule has 0 N–H and O–H groups in total. The molecule has 8 nitrogen and oxygen atoms in total. The van der Waals surface area contributed by atoms with Crippen LogP contribution >= 0.6 is 0 Å². The molecule has 8 heteroatoms. The van der Waals surface area contributed by atoms with Crippen LogP contribution in [0.5, 0.6) is 11.5 Å². The summed E-state index contributed by atoms with van der Waals surface area (Å²) < 4.78 is 13.4. The number of anilines is 1. The van der Waals surface area contributed by atoms with Crippen molar-refractivity contribution >= 4 is 22.5 Å². The van der Waals surface area contributed by atoms with E-state index in [0.717, 1.165) is 72.7 Å². The van der Waals surface area contributed by atoms with E-state index in [2.05, 4.69) is 45.2 Å². The summed E-state index contributed by atoms with van der Waals surface area (Å²) in [7, 11) is 1.96. The van der Waals surface area contributed by atoms with Gasteiger partial charge in [-0.3, -0.25) is 4.68 Å². The van der Waals surface area contributed by atoms with Gasteiger partial charge in [-0.1, -0.05) is 6.07 Å². The Morgan fingerprint density at radius 3 is 2.78 bits per heavy atom. The van der Waals surface area contributed by atoms with Crippen molar-refractivity contribution in [2.24, 2.45) is 18.0 Å². The van der Waals surface area contributed by atoms with Gasteiger partial charge in [0.25, 0.3) is 0 Å². The Kier molecular flexibility index (Phi) is 6.44. The first-order valence-corrected chi connectivity index (χ1v) is 13.1. The number of rotatable bonds is 7. The van der Waals surface area contributed by atoms with Crippen molar-refractivity contribution in [3.05, 3.63) is 48.2 Å². The van der Waals surface area contributed by atoms with E-state index >= 15 is 0 Å². The van der Waals surface area contributed by atoms with Crippen LogP contribution in [-0.2, 0) is 13.5 Å².